The molecule has 0 aliphatic heterocycles. The van der Waals surface area contributed by atoms with Gasteiger partial charge >= 0.3 is 5.69 Å². The molecule has 0 aliphatic carbocycles. The van der Waals surface area contributed by atoms with E-state index in [9.17, 15) is 10.1 Å². The van der Waals surface area contributed by atoms with Gasteiger partial charge in [0.25, 0.3) is 0 Å². The predicted octanol–water partition coefficient (Wildman–Crippen LogP) is 1.15. The smallest absolute Gasteiger partial charge is 0.311 e. The minimum atomic E-state index is -0.458. The second-order valence-electron chi connectivity index (χ2n) is 2.96. The van der Waals surface area contributed by atoms with Crippen LogP contribution in [0.15, 0.2) is 16.9 Å². The van der Waals surface area contributed by atoms with Crippen molar-refractivity contribution in [3.8, 4) is 0 Å². The highest BCUT2D eigenvalue weighted by molar-refractivity contribution is 9.10. The minimum Gasteiger partial charge on any atom is -0.367 e. The molecule has 2 N–H and O–H groups in total. The van der Waals surface area contributed by atoms with Crippen molar-refractivity contribution < 1.29 is 4.92 Å². The van der Waals surface area contributed by atoms with Gasteiger partial charge in [-0.25, -0.2) is 0 Å². The van der Waals surface area contributed by atoms with Crippen LogP contribution >= 0.6 is 15.9 Å². The number of nitro groups is 1. The lowest BCUT2D eigenvalue weighted by molar-refractivity contribution is -0.384. The summed E-state index contributed by atoms with van der Waals surface area (Å²) in [6.45, 7) is 0.978. The van der Waals surface area contributed by atoms with Gasteiger partial charge in [0.1, 0.15) is 11.9 Å². The maximum atomic E-state index is 10.8. The molecule has 1 rings (SSSR count). The Balaban J connectivity index is 3.18. The van der Waals surface area contributed by atoms with Crippen LogP contribution in [0.3, 0.4) is 0 Å². The third-order valence-corrected chi connectivity index (χ3v) is 2.48. The Morgan fingerprint density at radius 2 is 2.33 bits per heavy atom. The molecule has 0 amide bonds. The predicted molar refractivity (Wildman–Crippen MR) is 60.9 cm³/mol. The van der Waals surface area contributed by atoms with Gasteiger partial charge in [0, 0.05) is 26.3 Å². The summed E-state index contributed by atoms with van der Waals surface area (Å²) in [7, 11) is 1.75. The molecule has 1 aromatic rings. The number of halogens is 1. The van der Waals surface area contributed by atoms with Gasteiger partial charge < -0.3 is 10.6 Å². The van der Waals surface area contributed by atoms with E-state index in [2.05, 4.69) is 20.9 Å². The maximum Gasteiger partial charge on any atom is 0.311 e. The number of hydrogen-bond acceptors (Lipinski definition) is 5. The number of anilines is 1. The van der Waals surface area contributed by atoms with Crippen LogP contribution in [0.4, 0.5) is 11.4 Å². The second-order valence-corrected chi connectivity index (χ2v) is 3.81. The Kier molecular flexibility index (Phi) is 3.98. The zero-order valence-electron chi connectivity index (χ0n) is 8.18. The zero-order valence-corrected chi connectivity index (χ0v) is 9.77. The fourth-order valence-corrected chi connectivity index (χ4v) is 1.86. The summed E-state index contributed by atoms with van der Waals surface area (Å²) in [6, 6.07) is 0. The summed E-state index contributed by atoms with van der Waals surface area (Å²) in [6.07, 6.45) is 2.75. The van der Waals surface area contributed by atoms with E-state index >= 15 is 0 Å². The molecule has 0 fully saturated rings. The van der Waals surface area contributed by atoms with Crippen LogP contribution in [0.5, 0.6) is 0 Å². The Morgan fingerprint density at radius 3 is 2.87 bits per heavy atom. The van der Waals surface area contributed by atoms with Crippen LogP contribution in [0.1, 0.15) is 0 Å². The van der Waals surface area contributed by atoms with Gasteiger partial charge in [0.2, 0.25) is 0 Å². The van der Waals surface area contributed by atoms with Crippen molar-refractivity contribution in [1.82, 2.24) is 4.98 Å². The quantitative estimate of drug-likeness (QED) is 0.658. The second kappa shape index (κ2) is 5.04. The molecule has 0 bridgehead atoms. The van der Waals surface area contributed by atoms with E-state index in [-0.39, 0.29) is 5.69 Å². The van der Waals surface area contributed by atoms with Gasteiger partial charge in [-0.15, -0.1) is 0 Å². The van der Waals surface area contributed by atoms with Crippen molar-refractivity contribution >= 4 is 27.3 Å². The standard InChI is InChI=1S/C8H11BrN4O2/c1-12(3-2-10)8-6(9)4-11-5-7(8)13(14)15/h4-5H,2-3,10H2,1H3. The average molecular weight is 275 g/mol. The topological polar surface area (TPSA) is 85.3 Å². The van der Waals surface area contributed by atoms with Crippen molar-refractivity contribution in [2.24, 2.45) is 5.73 Å². The number of aromatic nitrogens is 1. The fourth-order valence-electron chi connectivity index (χ4n) is 1.23. The van der Waals surface area contributed by atoms with E-state index < -0.39 is 4.92 Å². The lowest BCUT2D eigenvalue weighted by Gasteiger charge is -2.18. The van der Waals surface area contributed by atoms with Crippen LogP contribution in [-0.2, 0) is 0 Å². The number of likely N-dealkylation sites (N-methyl/N-ethyl adjacent to an activating group) is 1. The molecule has 82 valence electrons. The van der Waals surface area contributed by atoms with E-state index in [1.165, 1.54) is 12.4 Å². The number of nitrogens with zero attached hydrogens (tertiary/aromatic N) is 3. The molecule has 0 aromatic carbocycles. The van der Waals surface area contributed by atoms with Crippen molar-refractivity contribution in [2.45, 2.75) is 0 Å². The van der Waals surface area contributed by atoms with Crippen molar-refractivity contribution in [1.29, 1.82) is 0 Å². The average Bonchev–Trinajstić information content (AvgIpc) is 2.17. The Bertz CT molecular complexity index is 372. The summed E-state index contributed by atoms with van der Waals surface area (Å²) in [5.74, 6) is 0. The molecule has 0 saturated carbocycles. The van der Waals surface area contributed by atoms with Crippen LogP contribution in [0.2, 0.25) is 0 Å². The Hall–Kier alpha value is -1.21. The van der Waals surface area contributed by atoms with Gasteiger partial charge in [-0.05, 0) is 15.9 Å². The van der Waals surface area contributed by atoms with Gasteiger partial charge in [0.05, 0.1) is 9.40 Å². The molecular weight excluding hydrogens is 264 g/mol. The largest absolute Gasteiger partial charge is 0.367 e. The van der Waals surface area contributed by atoms with Crippen molar-refractivity contribution in [3.05, 3.63) is 27.0 Å². The highest BCUT2D eigenvalue weighted by atomic mass is 79.9. The molecule has 7 heteroatoms. The number of rotatable bonds is 4. The molecule has 0 spiro atoms. The first-order valence-corrected chi connectivity index (χ1v) is 5.06. The molecule has 0 radical (unpaired) electrons. The molecule has 6 nitrogen and oxygen atoms in total. The summed E-state index contributed by atoms with van der Waals surface area (Å²) < 4.78 is 0.590. The lowest BCUT2D eigenvalue weighted by Crippen LogP contribution is -2.26. The van der Waals surface area contributed by atoms with Gasteiger partial charge in [0.15, 0.2) is 0 Å². The molecule has 1 heterocycles. The van der Waals surface area contributed by atoms with Crippen LogP contribution in [-0.4, -0.2) is 30.0 Å². The maximum absolute atomic E-state index is 10.8. The third-order valence-electron chi connectivity index (χ3n) is 1.90. The van der Waals surface area contributed by atoms with E-state index in [4.69, 9.17) is 5.73 Å². The Morgan fingerprint density at radius 1 is 1.67 bits per heavy atom. The fraction of sp³-hybridized carbons (Fsp3) is 0.375. The SMILES string of the molecule is CN(CCN)c1c(Br)cncc1[N+](=O)[O-]. The number of hydrogen-bond donors (Lipinski definition) is 1. The first-order chi connectivity index (χ1) is 7.07. The van der Waals surface area contributed by atoms with Gasteiger partial charge in [-0.2, -0.15) is 0 Å². The monoisotopic (exact) mass is 274 g/mol. The first-order valence-electron chi connectivity index (χ1n) is 4.27. The highest BCUT2D eigenvalue weighted by Gasteiger charge is 2.20. The summed E-state index contributed by atoms with van der Waals surface area (Å²) >= 11 is 3.24. The molecule has 0 saturated heterocycles. The van der Waals surface area contributed by atoms with E-state index in [0.29, 0.717) is 23.2 Å². The van der Waals surface area contributed by atoms with E-state index in [1.54, 1.807) is 11.9 Å². The molecule has 0 atom stereocenters. The van der Waals surface area contributed by atoms with Crippen molar-refractivity contribution in [2.75, 3.05) is 25.0 Å². The van der Waals surface area contributed by atoms with E-state index in [0.717, 1.165) is 0 Å². The van der Waals surface area contributed by atoms with Gasteiger partial charge in [-0.3, -0.25) is 15.1 Å². The van der Waals surface area contributed by atoms with Crippen LogP contribution < -0.4 is 10.6 Å². The molecule has 0 aliphatic rings. The number of nitrogens with two attached hydrogens (primary N) is 1. The molecule has 15 heavy (non-hydrogen) atoms. The molecular formula is C8H11BrN4O2. The van der Waals surface area contributed by atoms with Crippen LogP contribution in [0, 0.1) is 10.1 Å². The third kappa shape index (κ3) is 2.63. The summed E-state index contributed by atoms with van der Waals surface area (Å²) in [5.41, 5.74) is 5.87. The lowest BCUT2D eigenvalue weighted by atomic mass is 10.3. The summed E-state index contributed by atoms with van der Waals surface area (Å²) in [4.78, 5) is 15.8. The normalized spacial score (nSPS) is 10.1. The zero-order chi connectivity index (χ0) is 11.4. The first kappa shape index (κ1) is 11.9. The summed E-state index contributed by atoms with van der Waals surface area (Å²) in [5, 5.41) is 10.8. The van der Waals surface area contributed by atoms with Crippen molar-refractivity contribution in [3.63, 3.8) is 0 Å². The van der Waals surface area contributed by atoms with Gasteiger partial charge in [-0.1, -0.05) is 0 Å². The Labute approximate surface area is 95.4 Å². The molecule has 0 unspecified atom stereocenters. The van der Waals surface area contributed by atoms with E-state index in [1.807, 2.05) is 0 Å². The highest BCUT2D eigenvalue weighted by Crippen LogP contribution is 2.33. The number of pyridine rings is 1. The minimum absolute atomic E-state index is 0.0275. The van der Waals surface area contributed by atoms with Crippen LogP contribution in [0.25, 0.3) is 0 Å². The molecule has 1 aromatic heterocycles.